The largest absolute Gasteiger partial charge is 0.303 e. The van der Waals surface area contributed by atoms with Gasteiger partial charge < -0.3 is 4.79 Å². The van der Waals surface area contributed by atoms with Crippen LogP contribution in [0.4, 0.5) is 0 Å². The van der Waals surface area contributed by atoms with E-state index in [0.29, 0.717) is 19.3 Å². The third kappa shape index (κ3) is 4.24. The second-order valence-electron chi connectivity index (χ2n) is 2.54. The van der Waals surface area contributed by atoms with E-state index >= 15 is 0 Å². The summed E-state index contributed by atoms with van der Waals surface area (Å²) < 4.78 is 0. The molecule has 0 aliphatic rings. The van der Waals surface area contributed by atoms with Gasteiger partial charge >= 0.3 is 0 Å². The minimum atomic E-state index is 0.0375. The van der Waals surface area contributed by atoms with E-state index in [1.807, 2.05) is 13.8 Å². The summed E-state index contributed by atoms with van der Waals surface area (Å²) in [5, 5.41) is 0. The standard InChI is InChI=1S/C8H14O2/c1-3-8(10)5-4-7(2)6-9/h6-7H,3-5H2,1-2H3/t7-/m0/s1. The number of hydrogen-bond donors (Lipinski definition) is 0. The van der Waals surface area contributed by atoms with E-state index < -0.39 is 0 Å². The zero-order chi connectivity index (χ0) is 7.98. The normalized spacial score (nSPS) is 12.6. The average Bonchev–Trinajstić information content (AvgIpc) is 1.99. The first-order valence-electron chi connectivity index (χ1n) is 3.67. The molecule has 0 aliphatic carbocycles. The Kier molecular flexibility index (Phi) is 4.81. The number of carbonyl (C=O) groups excluding carboxylic acids is 2. The lowest BCUT2D eigenvalue weighted by Crippen LogP contribution is -2.01. The van der Waals surface area contributed by atoms with Crippen molar-refractivity contribution in [2.45, 2.75) is 33.1 Å². The lowest BCUT2D eigenvalue weighted by Gasteiger charge is -1.99. The molecule has 0 aromatic rings. The van der Waals surface area contributed by atoms with Crippen LogP contribution in [-0.2, 0) is 9.59 Å². The quantitative estimate of drug-likeness (QED) is 0.546. The maximum atomic E-state index is 10.7. The molecule has 10 heavy (non-hydrogen) atoms. The molecule has 0 fully saturated rings. The number of ketones is 1. The fraction of sp³-hybridized carbons (Fsp3) is 0.750. The predicted molar refractivity (Wildman–Crippen MR) is 39.8 cm³/mol. The molecule has 1 atom stereocenters. The van der Waals surface area contributed by atoms with Crippen LogP contribution < -0.4 is 0 Å². The Morgan fingerprint density at radius 1 is 1.60 bits per heavy atom. The number of carbonyl (C=O) groups is 2. The van der Waals surface area contributed by atoms with Gasteiger partial charge in [0, 0.05) is 18.8 Å². The predicted octanol–water partition coefficient (Wildman–Crippen LogP) is 1.58. The minimum Gasteiger partial charge on any atom is -0.303 e. The van der Waals surface area contributed by atoms with Crippen LogP contribution in [0.3, 0.4) is 0 Å². The average molecular weight is 142 g/mol. The Morgan fingerprint density at radius 3 is 2.60 bits per heavy atom. The first-order valence-corrected chi connectivity index (χ1v) is 3.67. The van der Waals surface area contributed by atoms with Gasteiger partial charge in [-0.25, -0.2) is 0 Å². The summed E-state index contributed by atoms with van der Waals surface area (Å²) in [6.45, 7) is 3.67. The molecule has 0 radical (unpaired) electrons. The second kappa shape index (κ2) is 5.15. The molecule has 0 spiro atoms. The number of rotatable bonds is 5. The van der Waals surface area contributed by atoms with Crippen LogP contribution in [0.25, 0.3) is 0 Å². The van der Waals surface area contributed by atoms with E-state index in [4.69, 9.17) is 0 Å². The third-order valence-corrected chi connectivity index (χ3v) is 1.51. The molecular formula is C8H14O2. The third-order valence-electron chi connectivity index (χ3n) is 1.51. The molecule has 58 valence electrons. The molecule has 0 rings (SSSR count). The van der Waals surface area contributed by atoms with Gasteiger partial charge in [-0.3, -0.25) is 4.79 Å². The van der Waals surface area contributed by atoms with Crippen molar-refractivity contribution in [1.82, 2.24) is 0 Å². The molecule has 0 N–H and O–H groups in total. The van der Waals surface area contributed by atoms with Crippen LogP contribution in [0.15, 0.2) is 0 Å². The van der Waals surface area contributed by atoms with Crippen molar-refractivity contribution < 1.29 is 9.59 Å². The van der Waals surface area contributed by atoms with Crippen LogP contribution in [0.2, 0.25) is 0 Å². The smallest absolute Gasteiger partial charge is 0.132 e. The first-order chi connectivity index (χ1) is 4.70. The Hall–Kier alpha value is -0.660. The maximum absolute atomic E-state index is 10.7. The van der Waals surface area contributed by atoms with Crippen molar-refractivity contribution in [2.24, 2.45) is 5.92 Å². The van der Waals surface area contributed by atoms with Gasteiger partial charge in [0.25, 0.3) is 0 Å². The van der Waals surface area contributed by atoms with Gasteiger partial charge in [-0.05, 0) is 6.42 Å². The van der Waals surface area contributed by atoms with Crippen LogP contribution in [0.1, 0.15) is 33.1 Å². The molecule has 0 unspecified atom stereocenters. The molecule has 2 heteroatoms. The maximum Gasteiger partial charge on any atom is 0.132 e. The summed E-state index contributed by atoms with van der Waals surface area (Å²) in [6, 6.07) is 0. The Labute approximate surface area is 61.6 Å². The van der Waals surface area contributed by atoms with E-state index in [0.717, 1.165) is 6.29 Å². The van der Waals surface area contributed by atoms with Gasteiger partial charge in [0.2, 0.25) is 0 Å². The van der Waals surface area contributed by atoms with Crippen molar-refractivity contribution in [3.63, 3.8) is 0 Å². The summed E-state index contributed by atoms with van der Waals surface area (Å²) in [7, 11) is 0. The van der Waals surface area contributed by atoms with Crippen molar-refractivity contribution in [3.8, 4) is 0 Å². The molecule has 2 nitrogen and oxygen atoms in total. The van der Waals surface area contributed by atoms with Crippen molar-refractivity contribution in [3.05, 3.63) is 0 Å². The van der Waals surface area contributed by atoms with Crippen molar-refractivity contribution >= 4 is 12.1 Å². The molecule has 0 saturated heterocycles. The van der Waals surface area contributed by atoms with Crippen molar-refractivity contribution in [1.29, 1.82) is 0 Å². The molecule has 0 amide bonds. The summed E-state index contributed by atoms with van der Waals surface area (Å²) in [4.78, 5) is 20.8. The zero-order valence-corrected chi connectivity index (χ0v) is 6.59. The van der Waals surface area contributed by atoms with Gasteiger partial charge in [-0.15, -0.1) is 0 Å². The first kappa shape index (κ1) is 9.34. The molecule has 0 aliphatic heterocycles. The second-order valence-corrected chi connectivity index (χ2v) is 2.54. The lowest BCUT2D eigenvalue weighted by molar-refractivity contribution is -0.119. The molecular weight excluding hydrogens is 128 g/mol. The van der Waals surface area contributed by atoms with Crippen LogP contribution in [-0.4, -0.2) is 12.1 Å². The monoisotopic (exact) mass is 142 g/mol. The highest BCUT2D eigenvalue weighted by atomic mass is 16.1. The highest BCUT2D eigenvalue weighted by Gasteiger charge is 2.02. The highest BCUT2D eigenvalue weighted by molar-refractivity contribution is 5.78. The SMILES string of the molecule is CCC(=O)CC[C@H](C)C=O. The van der Waals surface area contributed by atoms with Gasteiger partial charge in [-0.2, -0.15) is 0 Å². The van der Waals surface area contributed by atoms with Crippen LogP contribution in [0.5, 0.6) is 0 Å². The van der Waals surface area contributed by atoms with Crippen LogP contribution in [0, 0.1) is 5.92 Å². The van der Waals surface area contributed by atoms with Gasteiger partial charge in [-0.1, -0.05) is 13.8 Å². The molecule has 0 aromatic heterocycles. The van der Waals surface area contributed by atoms with E-state index in [1.165, 1.54) is 0 Å². The van der Waals surface area contributed by atoms with Crippen LogP contribution >= 0.6 is 0 Å². The highest BCUT2D eigenvalue weighted by Crippen LogP contribution is 2.03. The molecule has 0 saturated carbocycles. The zero-order valence-electron chi connectivity index (χ0n) is 6.59. The molecule has 0 bridgehead atoms. The number of hydrogen-bond acceptors (Lipinski definition) is 2. The summed E-state index contributed by atoms with van der Waals surface area (Å²) in [5.74, 6) is 0.282. The van der Waals surface area contributed by atoms with E-state index in [2.05, 4.69) is 0 Å². The Morgan fingerprint density at radius 2 is 2.20 bits per heavy atom. The fourth-order valence-corrected chi connectivity index (χ4v) is 0.633. The molecule has 0 aromatic carbocycles. The van der Waals surface area contributed by atoms with E-state index in [1.54, 1.807) is 0 Å². The van der Waals surface area contributed by atoms with E-state index in [-0.39, 0.29) is 11.7 Å². The summed E-state index contributed by atoms with van der Waals surface area (Å²) in [6.07, 6.45) is 2.74. The number of Topliss-reactive ketones (excluding diaryl/α,β-unsaturated/α-hetero) is 1. The number of aldehydes is 1. The minimum absolute atomic E-state index is 0.0375. The Bertz CT molecular complexity index is 118. The van der Waals surface area contributed by atoms with Gasteiger partial charge in [0.05, 0.1) is 0 Å². The molecule has 0 heterocycles. The lowest BCUT2D eigenvalue weighted by atomic mass is 10.0. The van der Waals surface area contributed by atoms with Crippen molar-refractivity contribution in [2.75, 3.05) is 0 Å². The summed E-state index contributed by atoms with van der Waals surface area (Å²) >= 11 is 0. The summed E-state index contributed by atoms with van der Waals surface area (Å²) in [5.41, 5.74) is 0. The fourth-order valence-electron chi connectivity index (χ4n) is 0.633. The van der Waals surface area contributed by atoms with Gasteiger partial charge in [0.1, 0.15) is 12.1 Å². The Balaban J connectivity index is 3.34. The van der Waals surface area contributed by atoms with E-state index in [9.17, 15) is 9.59 Å². The van der Waals surface area contributed by atoms with Gasteiger partial charge in [0.15, 0.2) is 0 Å². The topological polar surface area (TPSA) is 34.1 Å².